The van der Waals surface area contributed by atoms with Gasteiger partial charge in [0, 0.05) is 12.5 Å². The van der Waals surface area contributed by atoms with Crippen LogP contribution in [-0.2, 0) is 20.7 Å². The van der Waals surface area contributed by atoms with Gasteiger partial charge in [-0.2, -0.15) is 8.42 Å². The highest BCUT2D eigenvalue weighted by molar-refractivity contribution is 7.85. The molecule has 1 aromatic heterocycles. The molecule has 5 nitrogen and oxygen atoms in total. The largest absolute Gasteiger partial charge is 0.469 e. The van der Waals surface area contributed by atoms with E-state index in [1.165, 1.54) is 0 Å². The molecule has 0 amide bonds. The molecular weight excluding hydrogens is 218 g/mol. The Bertz CT molecular complexity index is 371. The van der Waals surface area contributed by atoms with Gasteiger partial charge in [-0.05, 0) is 19.2 Å². The number of hydrogen-bond acceptors (Lipinski definition) is 5. The number of nitrogens with one attached hydrogen (secondary N) is 1. The van der Waals surface area contributed by atoms with Gasteiger partial charge in [0.15, 0.2) is 0 Å². The molecule has 1 rings (SSSR count). The summed E-state index contributed by atoms with van der Waals surface area (Å²) in [5.41, 5.74) is 0. The van der Waals surface area contributed by atoms with Crippen molar-refractivity contribution in [2.24, 2.45) is 0 Å². The zero-order valence-electron chi connectivity index (χ0n) is 8.76. The first-order valence-electron chi connectivity index (χ1n) is 4.55. The Hall–Kier alpha value is -0.850. The van der Waals surface area contributed by atoms with Crippen LogP contribution in [0.3, 0.4) is 0 Å². The summed E-state index contributed by atoms with van der Waals surface area (Å²) in [5.74, 6) is 0.798. The van der Waals surface area contributed by atoms with Crippen LogP contribution in [0.1, 0.15) is 5.76 Å². The van der Waals surface area contributed by atoms with Gasteiger partial charge in [-0.3, -0.25) is 4.18 Å². The van der Waals surface area contributed by atoms with Crippen LogP contribution in [0.15, 0.2) is 22.8 Å². The average molecular weight is 233 g/mol. The lowest BCUT2D eigenvalue weighted by Crippen LogP contribution is -2.33. The molecule has 0 saturated heterocycles. The van der Waals surface area contributed by atoms with Crippen LogP contribution in [0.25, 0.3) is 0 Å². The minimum absolute atomic E-state index is 0.0779. The number of furan rings is 1. The van der Waals surface area contributed by atoms with E-state index < -0.39 is 10.1 Å². The zero-order chi connectivity index (χ0) is 11.3. The maximum atomic E-state index is 10.8. The summed E-state index contributed by atoms with van der Waals surface area (Å²) in [6.45, 7) is 0.107. The lowest BCUT2D eigenvalue weighted by Gasteiger charge is -2.13. The Morgan fingerprint density at radius 2 is 2.33 bits per heavy atom. The maximum Gasteiger partial charge on any atom is 0.264 e. The van der Waals surface area contributed by atoms with Gasteiger partial charge >= 0.3 is 0 Å². The highest BCUT2D eigenvalue weighted by atomic mass is 32.2. The molecule has 1 unspecified atom stereocenters. The second kappa shape index (κ2) is 5.29. The van der Waals surface area contributed by atoms with Crippen molar-refractivity contribution in [3.8, 4) is 0 Å². The van der Waals surface area contributed by atoms with Crippen LogP contribution in [0.5, 0.6) is 0 Å². The molecule has 0 radical (unpaired) electrons. The van der Waals surface area contributed by atoms with Crippen molar-refractivity contribution in [1.82, 2.24) is 5.32 Å². The first-order chi connectivity index (χ1) is 7.01. The molecule has 0 aromatic carbocycles. The van der Waals surface area contributed by atoms with Crippen LogP contribution in [0, 0.1) is 0 Å². The predicted molar refractivity (Wildman–Crippen MR) is 56.1 cm³/mol. The Labute approximate surface area is 89.5 Å². The molecule has 0 fully saturated rings. The van der Waals surface area contributed by atoms with Crippen molar-refractivity contribution in [3.05, 3.63) is 24.2 Å². The third-order valence-corrected chi connectivity index (χ3v) is 2.48. The fraction of sp³-hybridized carbons (Fsp3) is 0.556. The molecule has 0 aliphatic rings. The van der Waals surface area contributed by atoms with Gasteiger partial charge < -0.3 is 9.73 Å². The quantitative estimate of drug-likeness (QED) is 0.720. The lowest BCUT2D eigenvalue weighted by molar-refractivity contribution is 0.270. The molecule has 0 bridgehead atoms. The fourth-order valence-corrected chi connectivity index (χ4v) is 1.53. The SMILES string of the molecule is CNC(COS(C)(=O)=O)Cc1ccco1. The first kappa shape index (κ1) is 12.2. The molecule has 1 aromatic rings. The van der Waals surface area contributed by atoms with E-state index in [-0.39, 0.29) is 12.6 Å². The van der Waals surface area contributed by atoms with E-state index in [1.54, 1.807) is 19.4 Å². The fourth-order valence-electron chi connectivity index (χ4n) is 1.12. The summed E-state index contributed by atoms with van der Waals surface area (Å²) < 4.78 is 31.4. The number of hydrogen-bond donors (Lipinski definition) is 1. The molecule has 0 aliphatic carbocycles. The van der Waals surface area contributed by atoms with Crippen LogP contribution in [0.4, 0.5) is 0 Å². The summed E-state index contributed by atoms with van der Waals surface area (Å²) in [7, 11) is -1.63. The summed E-state index contributed by atoms with van der Waals surface area (Å²) >= 11 is 0. The highest BCUT2D eigenvalue weighted by Gasteiger charge is 2.12. The summed E-state index contributed by atoms with van der Waals surface area (Å²) in [4.78, 5) is 0. The van der Waals surface area contributed by atoms with Crippen molar-refractivity contribution >= 4 is 10.1 Å². The van der Waals surface area contributed by atoms with E-state index in [9.17, 15) is 8.42 Å². The maximum absolute atomic E-state index is 10.8. The third kappa shape index (κ3) is 4.96. The van der Waals surface area contributed by atoms with E-state index in [0.717, 1.165) is 12.0 Å². The van der Waals surface area contributed by atoms with Crippen molar-refractivity contribution in [2.45, 2.75) is 12.5 Å². The minimum atomic E-state index is -3.38. The van der Waals surface area contributed by atoms with Gasteiger partial charge in [0.25, 0.3) is 10.1 Å². The number of rotatable bonds is 6. The van der Waals surface area contributed by atoms with E-state index in [1.807, 2.05) is 6.07 Å². The van der Waals surface area contributed by atoms with E-state index in [0.29, 0.717) is 6.42 Å². The van der Waals surface area contributed by atoms with Crippen molar-refractivity contribution in [3.63, 3.8) is 0 Å². The zero-order valence-corrected chi connectivity index (χ0v) is 9.58. The summed E-state index contributed by atoms with van der Waals surface area (Å²) in [6.07, 6.45) is 3.21. The lowest BCUT2D eigenvalue weighted by atomic mass is 10.2. The Balaban J connectivity index is 2.43. The monoisotopic (exact) mass is 233 g/mol. The molecule has 0 aliphatic heterocycles. The normalized spacial score (nSPS) is 14.0. The summed E-state index contributed by atoms with van der Waals surface area (Å²) in [6, 6.07) is 3.55. The van der Waals surface area contributed by atoms with Gasteiger partial charge in [0.05, 0.1) is 19.1 Å². The average Bonchev–Trinajstić information content (AvgIpc) is 2.63. The van der Waals surface area contributed by atoms with Crippen molar-refractivity contribution < 1.29 is 17.0 Å². The van der Waals surface area contributed by atoms with Gasteiger partial charge in [-0.1, -0.05) is 0 Å². The molecule has 86 valence electrons. The van der Waals surface area contributed by atoms with Crippen molar-refractivity contribution in [2.75, 3.05) is 19.9 Å². The Morgan fingerprint density at radius 3 is 2.80 bits per heavy atom. The van der Waals surface area contributed by atoms with Gasteiger partial charge in [-0.25, -0.2) is 0 Å². The van der Waals surface area contributed by atoms with Crippen LogP contribution in [0.2, 0.25) is 0 Å². The molecule has 1 heterocycles. The van der Waals surface area contributed by atoms with E-state index in [2.05, 4.69) is 5.32 Å². The predicted octanol–water partition coefficient (Wildman–Crippen LogP) is 0.386. The van der Waals surface area contributed by atoms with E-state index in [4.69, 9.17) is 8.60 Å². The third-order valence-electron chi connectivity index (χ3n) is 1.92. The van der Waals surface area contributed by atoms with Gasteiger partial charge in [-0.15, -0.1) is 0 Å². The topological polar surface area (TPSA) is 68.5 Å². The van der Waals surface area contributed by atoms with Gasteiger partial charge in [0.1, 0.15) is 5.76 Å². The molecular formula is C9H15NO4S. The smallest absolute Gasteiger partial charge is 0.264 e. The Kier molecular flexibility index (Phi) is 4.31. The molecule has 0 spiro atoms. The van der Waals surface area contributed by atoms with Crippen LogP contribution >= 0.6 is 0 Å². The minimum Gasteiger partial charge on any atom is -0.469 e. The molecule has 0 saturated carbocycles. The van der Waals surface area contributed by atoms with Crippen LogP contribution in [-0.4, -0.2) is 34.4 Å². The molecule has 6 heteroatoms. The second-order valence-corrected chi connectivity index (χ2v) is 4.90. The summed E-state index contributed by atoms with van der Waals surface area (Å²) in [5, 5.41) is 2.96. The van der Waals surface area contributed by atoms with Crippen molar-refractivity contribution in [1.29, 1.82) is 0 Å². The molecule has 15 heavy (non-hydrogen) atoms. The Morgan fingerprint density at radius 1 is 1.60 bits per heavy atom. The van der Waals surface area contributed by atoms with Crippen LogP contribution < -0.4 is 5.32 Å². The first-order valence-corrected chi connectivity index (χ1v) is 6.37. The number of likely N-dealkylation sites (N-methyl/N-ethyl adjacent to an activating group) is 1. The second-order valence-electron chi connectivity index (χ2n) is 3.26. The standard InChI is InChI=1S/C9H15NO4S/c1-10-8(7-14-15(2,11)12)6-9-4-3-5-13-9/h3-5,8,10H,6-7H2,1-2H3. The molecule has 1 atom stereocenters. The highest BCUT2D eigenvalue weighted by Crippen LogP contribution is 2.05. The van der Waals surface area contributed by atoms with Gasteiger partial charge in [0.2, 0.25) is 0 Å². The molecule has 1 N–H and O–H groups in total. The van der Waals surface area contributed by atoms with E-state index >= 15 is 0 Å².